The number of hydrogen-bond donors (Lipinski definition) is 1. The van der Waals surface area contributed by atoms with E-state index < -0.39 is 15.9 Å². The van der Waals surface area contributed by atoms with Gasteiger partial charge in [-0.25, -0.2) is 8.42 Å². The van der Waals surface area contributed by atoms with Crippen LogP contribution in [0.5, 0.6) is 5.75 Å². The predicted molar refractivity (Wildman–Crippen MR) is 117 cm³/mol. The number of carbonyl (C=O) groups is 1. The third-order valence-corrected chi connectivity index (χ3v) is 6.79. The Labute approximate surface area is 177 Å². The van der Waals surface area contributed by atoms with Gasteiger partial charge >= 0.3 is 0 Å². The highest BCUT2D eigenvalue weighted by Crippen LogP contribution is 2.29. The van der Waals surface area contributed by atoms with Crippen LogP contribution in [0.15, 0.2) is 53.4 Å². The summed E-state index contributed by atoms with van der Waals surface area (Å²) in [5.41, 5.74) is 1.70. The van der Waals surface area contributed by atoms with Gasteiger partial charge in [0.05, 0.1) is 17.7 Å². The molecule has 0 aliphatic heterocycles. The van der Waals surface area contributed by atoms with Crippen LogP contribution >= 0.6 is 11.6 Å². The Morgan fingerprint density at radius 1 is 1.17 bits per heavy atom. The molecule has 156 valence electrons. The standard InChI is InChI=1S/C21H25ClN2O4S/c1-5-24(6-2)29(26,27)16-11-12-20(28-4)19(14-16)23-21(25)13-15(3)17-9-7-8-10-18(17)22/h7-14H,5-6H2,1-4H3,(H,23,25)/b15-13-. The van der Waals surface area contributed by atoms with Gasteiger partial charge in [-0.2, -0.15) is 4.31 Å². The van der Waals surface area contributed by atoms with Crippen LogP contribution in [0.4, 0.5) is 5.69 Å². The summed E-state index contributed by atoms with van der Waals surface area (Å²) in [7, 11) is -2.21. The van der Waals surface area contributed by atoms with Gasteiger partial charge in [-0.1, -0.05) is 43.6 Å². The number of halogens is 1. The van der Waals surface area contributed by atoms with Crippen LogP contribution in [0.2, 0.25) is 5.02 Å². The van der Waals surface area contributed by atoms with Crippen molar-refractivity contribution in [1.82, 2.24) is 4.31 Å². The maximum atomic E-state index is 12.8. The summed E-state index contributed by atoms with van der Waals surface area (Å²) in [6.07, 6.45) is 1.41. The molecule has 0 aromatic heterocycles. The number of amides is 1. The van der Waals surface area contributed by atoms with Gasteiger partial charge in [0.2, 0.25) is 15.9 Å². The number of allylic oxidation sites excluding steroid dienone is 1. The van der Waals surface area contributed by atoms with Crippen LogP contribution in [0.1, 0.15) is 26.3 Å². The van der Waals surface area contributed by atoms with Crippen LogP contribution in [-0.4, -0.2) is 38.8 Å². The number of methoxy groups -OCH3 is 1. The molecular formula is C21H25ClN2O4S. The minimum Gasteiger partial charge on any atom is -0.495 e. The van der Waals surface area contributed by atoms with E-state index in [1.54, 1.807) is 26.8 Å². The van der Waals surface area contributed by atoms with E-state index in [1.165, 1.54) is 35.7 Å². The molecule has 2 aromatic rings. The minimum atomic E-state index is -3.66. The molecular weight excluding hydrogens is 412 g/mol. The average molecular weight is 437 g/mol. The molecule has 8 heteroatoms. The van der Waals surface area contributed by atoms with Gasteiger partial charge in [0, 0.05) is 24.2 Å². The first-order valence-corrected chi connectivity index (χ1v) is 11.0. The third kappa shape index (κ3) is 5.38. The molecule has 0 saturated carbocycles. The van der Waals surface area contributed by atoms with Crippen molar-refractivity contribution in [2.75, 3.05) is 25.5 Å². The summed E-state index contributed by atoms with van der Waals surface area (Å²) < 4.78 is 32.2. The number of rotatable bonds is 8. The molecule has 1 N–H and O–H groups in total. The van der Waals surface area contributed by atoms with Crippen molar-refractivity contribution in [3.05, 3.63) is 59.1 Å². The number of carbonyl (C=O) groups excluding carboxylic acids is 1. The second-order valence-corrected chi connectivity index (χ2v) is 8.59. The van der Waals surface area contributed by atoms with Crippen molar-refractivity contribution in [3.63, 3.8) is 0 Å². The molecule has 0 unspecified atom stereocenters. The fourth-order valence-corrected chi connectivity index (χ4v) is 4.65. The Morgan fingerprint density at radius 3 is 2.41 bits per heavy atom. The number of nitrogens with one attached hydrogen (secondary N) is 1. The Balaban J connectivity index is 2.35. The van der Waals surface area contributed by atoms with Crippen molar-refractivity contribution in [2.45, 2.75) is 25.7 Å². The summed E-state index contributed by atoms with van der Waals surface area (Å²) in [5, 5.41) is 3.24. The normalized spacial score (nSPS) is 12.1. The van der Waals surface area contributed by atoms with Gasteiger partial charge in [-0.15, -0.1) is 0 Å². The van der Waals surface area contributed by atoms with Crippen LogP contribution < -0.4 is 10.1 Å². The quantitative estimate of drug-likeness (QED) is 0.621. The SMILES string of the molecule is CCN(CC)S(=O)(=O)c1ccc(OC)c(NC(=O)/C=C(/C)c2ccccc2Cl)c1. The number of hydrogen-bond acceptors (Lipinski definition) is 4. The topological polar surface area (TPSA) is 75.7 Å². The molecule has 0 radical (unpaired) electrons. The molecule has 0 aliphatic carbocycles. The molecule has 0 fully saturated rings. The zero-order chi connectivity index (χ0) is 21.6. The van der Waals surface area contributed by atoms with Crippen LogP contribution in [-0.2, 0) is 14.8 Å². The monoisotopic (exact) mass is 436 g/mol. The van der Waals surface area contributed by atoms with Gasteiger partial charge in [-0.3, -0.25) is 4.79 Å². The zero-order valence-electron chi connectivity index (χ0n) is 16.9. The lowest BCUT2D eigenvalue weighted by Gasteiger charge is -2.19. The summed E-state index contributed by atoms with van der Waals surface area (Å²) in [6, 6.07) is 11.6. The summed E-state index contributed by atoms with van der Waals surface area (Å²) in [5.74, 6) is -0.0567. The maximum absolute atomic E-state index is 12.8. The minimum absolute atomic E-state index is 0.0871. The largest absolute Gasteiger partial charge is 0.495 e. The third-order valence-electron chi connectivity index (χ3n) is 4.42. The number of ether oxygens (including phenoxy) is 1. The van der Waals surface area contributed by atoms with Crippen molar-refractivity contribution in [2.24, 2.45) is 0 Å². The number of anilines is 1. The van der Waals surface area contributed by atoms with Crippen LogP contribution in [0, 0.1) is 0 Å². The fourth-order valence-electron chi connectivity index (χ4n) is 2.88. The first-order chi connectivity index (χ1) is 13.7. The lowest BCUT2D eigenvalue weighted by Crippen LogP contribution is -2.30. The highest BCUT2D eigenvalue weighted by Gasteiger charge is 2.23. The molecule has 0 aliphatic rings. The zero-order valence-corrected chi connectivity index (χ0v) is 18.5. The van der Waals surface area contributed by atoms with Crippen molar-refractivity contribution in [3.8, 4) is 5.75 Å². The summed E-state index contributed by atoms with van der Waals surface area (Å²) >= 11 is 6.17. The second-order valence-electron chi connectivity index (χ2n) is 6.25. The molecule has 2 aromatic carbocycles. The van der Waals surface area contributed by atoms with Gasteiger partial charge in [0.15, 0.2) is 0 Å². The Hall–Kier alpha value is -2.35. The fraction of sp³-hybridized carbons (Fsp3) is 0.286. The van der Waals surface area contributed by atoms with Gasteiger partial charge < -0.3 is 10.1 Å². The van der Waals surface area contributed by atoms with Crippen molar-refractivity contribution >= 4 is 38.8 Å². The molecule has 0 bridgehead atoms. The highest BCUT2D eigenvalue weighted by atomic mass is 35.5. The molecule has 0 atom stereocenters. The maximum Gasteiger partial charge on any atom is 0.248 e. The van der Waals surface area contributed by atoms with E-state index >= 15 is 0 Å². The van der Waals surface area contributed by atoms with E-state index in [1.807, 2.05) is 18.2 Å². The van der Waals surface area contributed by atoms with Gasteiger partial charge in [0.1, 0.15) is 5.75 Å². The Bertz CT molecular complexity index is 1020. The van der Waals surface area contributed by atoms with Gasteiger partial charge in [-0.05, 0) is 42.3 Å². The van der Waals surface area contributed by atoms with E-state index in [0.29, 0.717) is 29.4 Å². The van der Waals surface area contributed by atoms with Crippen molar-refractivity contribution < 1.29 is 17.9 Å². The Kier molecular flexibility index (Phi) is 7.84. The number of benzene rings is 2. The van der Waals surface area contributed by atoms with E-state index in [4.69, 9.17) is 16.3 Å². The lowest BCUT2D eigenvalue weighted by molar-refractivity contribution is -0.111. The molecule has 6 nitrogen and oxygen atoms in total. The molecule has 1 amide bonds. The van der Waals surface area contributed by atoms with Crippen LogP contribution in [0.3, 0.4) is 0 Å². The van der Waals surface area contributed by atoms with Crippen LogP contribution in [0.25, 0.3) is 5.57 Å². The molecule has 0 saturated heterocycles. The van der Waals surface area contributed by atoms with E-state index in [0.717, 1.165) is 5.56 Å². The predicted octanol–water partition coefficient (Wildman–Crippen LogP) is 4.42. The highest BCUT2D eigenvalue weighted by molar-refractivity contribution is 7.89. The Morgan fingerprint density at radius 2 is 1.83 bits per heavy atom. The molecule has 29 heavy (non-hydrogen) atoms. The molecule has 0 spiro atoms. The van der Waals surface area contributed by atoms with Gasteiger partial charge in [0.25, 0.3) is 0 Å². The molecule has 2 rings (SSSR count). The molecule has 0 heterocycles. The summed E-state index contributed by atoms with van der Waals surface area (Å²) in [4.78, 5) is 12.6. The van der Waals surface area contributed by atoms with E-state index in [9.17, 15) is 13.2 Å². The van der Waals surface area contributed by atoms with E-state index in [-0.39, 0.29) is 10.6 Å². The first-order valence-electron chi connectivity index (χ1n) is 9.16. The smallest absolute Gasteiger partial charge is 0.248 e. The average Bonchev–Trinajstić information content (AvgIpc) is 2.68. The first kappa shape index (κ1) is 22.9. The van der Waals surface area contributed by atoms with Crippen molar-refractivity contribution in [1.29, 1.82) is 0 Å². The number of sulfonamides is 1. The van der Waals surface area contributed by atoms with E-state index in [2.05, 4.69) is 5.32 Å². The second kappa shape index (κ2) is 9.91. The lowest BCUT2D eigenvalue weighted by atomic mass is 10.1. The summed E-state index contributed by atoms with van der Waals surface area (Å²) in [6.45, 7) is 6.03. The number of nitrogens with zero attached hydrogens (tertiary/aromatic N) is 1.